The molecular formula is C18H31NO4. The van der Waals surface area contributed by atoms with Gasteiger partial charge >= 0.3 is 5.97 Å². The number of esters is 1. The molecule has 0 aliphatic heterocycles. The highest BCUT2D eigenvalue weighted by Crippen LogP contribution is 2.40. The highest BCUT2D eigenvalue weighted by molar-refractivity contribution is 5.75. The van der Waals surface area contributed by atoms with E-state index in [1.807, 2.05) is 20.8 Å². The van der Waals surface area contributed by atoms with Crippen molar-refractivity contribution in [3.63, 3.8) is 0 Å². The Morgan fingerprint density at radius 3 is 2.30 bits per heavy atom. The van der Waals surface area contributed by atoms with Gasteiger partial charge in [0.1, 0.15) is 11.9 Å². The van der Waals surface area contributed by atoms with Crippen LogP contribution in [0.4, 0.5) is 0 Å². The Kier molecular flexibility index (Phi) is 6.78. The smallest absolute Gasteiger partial charge is 0.309 e. The minimum absolute atomic E-state index is 0.00341. The SMILES string of the molecule is CC(=O)NC(CC(C)C)[C@@H]1C[C@@H](C(=O)OC(C)(C)C)C[C@H]1C=O. The van der Waals surface area contributed by atoms with Crippen LogP contribution in [0.2, 0.25) is 0 Å². The number of amides is 1. The predicted octanol–water partition coefficient (Wildman–Crippen LogP) is 2.72. The van der Waals surface area contributed by atoms with Crippen molar-refractivity contribution < 1.29 is 19.1 Å². The van der Waals surface area contributed by atoms with Gasteiger partial charge in [0, 0.05) is 18.9 Å². The second-order valence-corrected chi connectivity index (χ2v) is 8.10. The zero-order valence-corrected chi connectivity index (χ0v) is 15.2. The van der Waals surface area contributed by atoms with Crippen LogP contribution in [-0.2, 0) is 19.1 Å². The minimum Gasteiger partial charge on any atom is -0.460 e. The fourth-order valence-electron chi connectivity index (χ4n) is 3.41. The van der Waals surface area contributed by atoms with Crippen LogP contribution >= 0.6 is 0 Å². The summed E-state index contributed by atoms with van der Waals surface area (Å²) in [5.74, 6) is -0.406. The Bertz CT molecular complexity index is 439. The van der Waals surface area contributed by atoms with Gasteiger partial charge in [0.25, 0.3) is 0 Å². The summed E-state index contributed by atoms with van der Waals surface area (Å²) in [6, 6.07) is -0.0739. The van der Waals surface area contributed by atoms with Crippen LogP contribution in [0.5, 0.6) is 0 Å². The molecule has 1 saturated carbocycles. The van der Waals surface area contributed by atoms with Gasteiger partial charge in [-0.3, -0.25) is 9.59 Å². The van der Waals surface area contributed by atoms with Crippen LogP contribution < -0.4 is 5.32 Å². The zero-order valence-electron chi connectivity index (χ0n) is 15.2. The third-order valence-corrected chi connectivity index (χ3v) is 4.21. The quantitative estimate of drug-likeness (QED) is 0.602. The lowest BCUT2D eigenvalue weighted by Gasteiger charge is -2.28. The summed E-state index contributed by atoms with van der Waals surface area (Å²) in [7, 11) is 0. The van der Waals surface area contributed by atoms with E-state index < -0.39 is 5.60 Å². The molecule has 0 radical (unpaired) electrons. The van der Waals surface area contributed by atoms with Gasteiger partial charge in [-0.2, -0.15) is 0 Å². The number of hydrogen-bond donors (Lipinski definition) is 1. The van der Waals surface area contributed by atoms with Gasteiger partial charge in [-0.15, -0.1) is 0 Å². The third-order valence-electron chi connectivity index (χ3n) is 4.21. The van der Waals surface area contributed by atoms with Crippen molar-refractivity contribution >= 4 is 18.2 Å². The number of ether oxygens (including phenoxy) is 1. The third kappa shape index (κ3) is 6.32. The predicted molar refractivity (Wildman–Crippen MR) is 88.7 cm³/mol. The van der Waals surface area contributed by atoms with Crippen molar-refractivity contribution in [3.05, 3.63) is 0 Å². The van der Waals surface area contributed by atoms with E-state index in [2.05, 4.69) is 19.2 Å². The fourth-order valence-corrected chi connectivity index (χ4v) is 3.41. The molecule has 0 aromatic carbocycles. The van der Waals surface area contributed by atoms with Crippen molar-refractivity contribution in [2.24, 2.45) is 23.7 Å². The molecule has 0 saturated heterocycles. The van der Waals surface area contributed by atoms with Crippen LogP contribution in [0.1, 0.15) is 60.8 Å². The molecule has 5 nitrogen and oxygen atoms in total. The number of hydrogen-bond acceptors (Lipinski definition) is 4. The molecule has 1 N–H and O–H groups in total. The molecule has 4 atom stereocenters. The topological polar surface area (TPSA) is 72.5 Å². The van der Waals surface area contributed by atoms with E-state index in [1.54, 1.807) is 0 Å². The van der Waals surface area contributed by atoms with Crippen molar-refractivity contribution in [3.8, 4) is 0 Å². The van der Waals surface area contributed by atoms with Crippen molar-refractivity contribution in [2.75, 3.05) is 0 Å². The molecule has 1 unspecified atom stereocenters. The standard InChI is InChI=1S/C18H31NO4/c1-11(2)7-16(19-12(3)21)15-9-13(8-14(15)10-20)17(22)23-18(4,5)6/h10-11,13-16H,7-9H2,1-6H3,(H,19,21)/t13-,14-,15+,16?/m0/s1. The van der Waals surface area contributed by atoms with Gasteiger partial charge in [-0.25, -0.2) is 0 Å². The molecule has 0 spiro atoms. The van der Waals surface area contributed by atoms with E-state index in [9.17, 15) is 14.4 Å². The molecule has 1 amide bonds. The molecule has 0 bridgehead atoms. The van der Waals surface area contributed by atoms with Gasteiger partial charge < -0.3 is 14.8 Å². The number of nitrogens with one attached hydrogen (secondary N) is 1. The summed E-state index contributed by atoms with van der Waals surface area (Å²) in [5.41, 5.74) is -0.527. The summed E-state index contributed by atoms with van der Waals surface area (Å²) in [6.45, 7) is 11.2. The second kappa shape index (κ2) is 7.93. The number of carbonyl (C=O) groups excluding carboxylic acids is 3. The summed E-state index contributed by atoms with van der Waals surface area (Å²) < 4.78 is 5.46. The maximum Gasteiger partial charge on any atom is 0.309 e. The Balaban J connectivity index is 2.85. The maximum absolute atomic E-state index is 12.3. The lowest BCUT2D eigenvalue weighted by Crippen LogP contribution is -2.42. The highest BCUT2D eigenvalue weighted by Gasteiger charge is 2.43. The molecule has 0 aromatic heterocycles. The Labute approximate surface area is 139 Å². The first kappa shape index (κ1) is 19.7. The molecule has 1 rings (SSSR count). The molecule has 132 valence electrons. The average Bonchev–Trinajstić information content (AvgIpc) is 2.78. The van der Waals surface area contributed by atoms with Gasteiger partial charge in [-0.05, 0) is 51.9 Å². The molecule has 0 aromatic rings. The largest absolute Gasteiger partial charge is 0.460 e. The monoisotopic (exact) mass is 325 g/mol. The minimum atomic E-state index is -0.527. The Hall–Kier alpha value is -1.39. The number of aldehydes is 1. The lowest BCUT2D eigenvalue weighted by atomic mass is 9.85. The number of carbonyl (C=O) groups is 3. The van der Waals surface area contributed by atoms with E-state index in [1.165, 1.54) is 6.92 Å². The van der Waals surface area contributed by atoms with Crippen LogP contribution in [0, 0.1) is 23.7 Å². The van der Waals surface area contributed by atoms with E-state index in [0.29, 0.717) is 18.8 Å². The van der Waals surface area contributed by atoms with Crippen LogP contribution in [0.3, 0.4) is 0 Å². The molecular weight excluding hydrogens is 294 g/mol. The van der Waals surface area contributed by atoms with Crippen LogP contribution in [0.15, 0.2) is 0 Å². The number of rotatable bonds is 6. The summed E-state index contributed by atoms with van der Waals surface area (Å²) in [6.07, 6.45) is 2.84. The zero-order chi connectivity index (χ0) is 17.8. The molecule has 23 heavy (non-hydrogen) atoms. The molecule has 1 aliphatic rings. The molecule has 5 heteroatoms. The van der Waals surface area contributed by atoms with Gasteiger partial charge in [0.05, 0.1) is 5.92 Å². The summed E-state index contributed by atoms with van der Waals surface area (Å²) in [4.78, 5) is 35.3. The van der Waals surface area contributed by atoms with Crippen molar-refractivity contribution in [1.82, 2.24) is 5.32 Å². The molecule has 1 fully saturated rings. The van der Waals surface area contributed by atoms with Gasteiger partial charge in [0.2, 0.25) is 5.91 Å². The average molecular weight is 325 g/mol. The van der Waals surface area contributed by atoms with Crippen molar-refractivity contribution in [2.45, 2.75) is 72.4 Å². The van der Waals surface area contributed by atoms with Crippen LogP contribution in [0.25, 0.3) is 0 Å². The first-order chi connectivity index (χ1) is 10.5. The summed E-state index contributed by atoms with van der Waals surface area (Å²) >= 11 is 0. The van der Waals surface area contributed by atoms with E-state index in [0.717, 1.165) is 12.7 Å². The van der Waals surface area contributed by atoms with E-state index in [4.69, 9.17) is 4.74 Å². The fraction of sp³-hybridized carbons (Fsp3) is 0.833. The van der Waals surface area contributed by atoms with E-state index >= 15 is 0 Å². The molecule has 0 heterocycles. The molecule has 1 aliphatic carbocycles. The normalized spacial score (nSPS) is 26.0. The summed E-state index contributed by atoms with van der Waals surface area (Å²) in [5, 5.41) is 2.98. The van der Waals surface area contributed by atoms with Gasteiger partial charge in [-0.1, -0.05) is 13.8 Å². The highest BCUT2D eigenvalue weighted by atomic mass is 16.6. The van der Waals surface area contributed by atoms with Gasteiger partial charge in [0.15, 0.2) is 0 Å². The Morgan fingerprint density at radius 1 is 1.26 bits per heavy atom. The van der Waals surface area contributed by atoms with Crippen molar-refractivity contribution in [1.29, 1.82) is 0 Å². The maximum atomic E-state index is 12.3. The van der Waals surface area contributed by atoms with Crippen LogP contribution in [-0.4, -0.2) is 29.8 Å². The second-order valence-electron chi connectivity index (χ2n) is 8.10. The first-order valence-corrected chi connectivity index (χ1v) is 8.48. The Morgan fingerprint density at radius 2 is 1.87 bits per heavy atom. The lowest BCUT2D eigenvalue weighted by molar-refractivity contribution is -0.159. The first-order valence-electron chi connectivity index (χ1n) is 8.48. The van der Waals surface area contributed by atoms with E-state index in [-0.39, 0.29) is 35.7 Å².